The fraction of sp³-hybridized carbons (Fsp3) is 0.667. The first-order valence-electron chi connectivity index (χ1n) is 8.88. The van der Waals surface area contributed by atoms with E-state index in [-0.39, 0.29) is 0 Å². The highest BCUT2D eigenvalue weighted by molar-refractivity contribution is 7.89. The van der Waals surface area contributed by atoms with Crippen molar-refractivity contribution in [2.75, 3.05) is 26.2 Å². The minimum atomic E-state index is -3.34. The van der Waals surface area contributed by atoms with Gasteiger partial charge in [-0.3, -0.25) is 4.90 Å². The van der Waals surface area contributed by atoms with Crippen LogP contribution in [0.25, 0.3) is 0 Å². The summed E-state index contributed by atoms with van der Waals surface area (Å²) in [6, 6.07) is 6.28. The number of hydrogen-bond donors (Lipinski definition) is 0. The van der Waals surface area contributed by atoms with Gasteiger partial charge in [0.15, 0.2) is 0 Å². The van der Waals surface area contributed by atoms with Gasteiger partial charge in [0.2, 0.25) is 10.0 Å². The summed E-state index contributed by atoms with van der Waals surface area (Å²) in [5.74, 6) is 0. The Bertz CT molecular complexity index is 649. The second-order valence-electron chi connectivity index (χ2n) is 6.83. The van der Waals surface area contributed by atoms with E-state index in [1.807, 2.05) is 12.1 Å². The maximum Gasteiger partial charge on any atom is 0.243 e. The van der Waals surface area contributed by atoms with Crippen molar-refractivity contribution < 1.29 is 8.42 Å². The molecule has 2 aliphatic rings. The van der Waals surface area contributed by atoms with Crippen molar-refractivity contribution in [1.82, 2.24) is 9.21 Å². The second kappa shape index (κ2) is 6.91. The number of aryl methyl sites for hydroxylation is 2. The summed E-state index contributed by atoms with van der Waals surface area (Å²) >= 11 is 0. The average molecular weight is 337 g/mol. The van der Waals surface area contributed by atoms with Crippen LogP contribution in [0.2, 0.25) is 0 Å². The third kappa shape index (κ3) is 3.47. The van der Waals surface area contributed by atoms with Crippen molar-refractivity contribution in [3.05, 3.63) is 29.3 Å². The molecule has 0 N–H and O–H groups in total. The van der Waals surface area contributed by atoms with E-state index >= 15 is 0 Å². The van der Waals surface area contributed by atoms with Crippen molar-refractivity contribution in [1.29, 1.82) is 0 Å². The summed E-state index contributed by atoms with van der Waals surface area (Å²) < 4.78 is 27.5. The van der Waals surface area contributed by atoms with Crippen LogP contribution in [0.4, 0.5) is 0 Å². The SMILES string of the molecule is CCC(C)N1CCN(S(=O)(=O)c2ccc3c(c2)CCCC3)CC1. The molecule has 5 heteroatoms. The lowest BCUT2D eigenvalue weighted by Gasteiger charge is -2.37. The summed E-state index contributed by atoms with van der Waals surface area (Å²) in [4.78, 5) is 2.87. The zero-order valence-electron chi connectivity index (χ0n) is 14.3. The molecule has 1 fully saturated rings. The summed E-state index contributed by atoms with van der Waals surface area (Å²) in [6.45, 7) is 7.26. The van der Waals surface area contributed by atoms with Gasteiger partial charge < -0.3 is 0 Å². The molecule has 0 amide bonds. The molecule has 0 saturated carbocycles. The first-order chi connectivity index (χ1) is 11.0. The zero-order chi connectivity index (χ0) is 16.4. The predicted octanol–water partition coefficient (Wildman–Crippen LogP) is 2.67. The Kier molecular flexibility index (Phi) is 5.09. The van der Waals surface area contributed by atoms with Crippen LogP contribution in [-0.4, -0.2) is 49.8 Å². The lowest BCUT2D eigenvalue weighted by molar-refractivity contribution is 0.142. The molecule has 1 atom stereocenters. The van der Waals surface area contributed by atoms with Crippen molar-refractivity contribution in [2.24, 2.45) is 0 Å². The molecule has 1 aliphatic heterocycles. The molecular weight excluding hydrogens is 308 g/mol. The number of sulfonamides is 1. The molecule has 4 nitrogen and oxygen atoms in total. The monoisotopic (exact) mass is 336 g/mol. The van der Waals surface area contributed by atoms with E-state index in [4.69, 9.17) is 0 Å². The van der Waals surface area contributed by atoms with E-state index in [2.05, 4.69) is 18.7 Å². The lowest BCUT2D eigenvalue weighted by atomic mass is 9.92. The highest BCUT2D eigenvalue weighted by atomic mass is 32.2. The Labute approximate surface area is 140 Å². The van der Waals surface area contributed by atoms with Gasteiger partial charge in [-0.25, -0.2) is 8.42 Å². The summed E-state index contributed by atoms with van der Waals surface area (Å²) in [6.07, 6.45) is 5.60. The number of rotatable bonds is 4. The van der Waals surface area contributed by atoms with Crippen molar-refractivity contribution in [3.8, 4) is 0 Å². The Balaban J connectivity index is 1.75. The molecule has 3 rings (SSSR count). The van der Waals surface area contributed by atoms with E-state index < -0.39 is 10.0 Å². The van der Waals surface area contributed by atoms with Gasteiger partial charge in [0.1, 0.15) is 0 Å². The average Bonchev–Trinajstić information content (AvgIpc) is 2.60. The second-order valence-corrected chi connectivity index (χ2v) is 8.77. The Morgan fingerprint density at radius 1 is 1.04 bits per heavy atom. The third-order valence-electron chi connectivity index (χ3n) is 5.45. The normalized spacial score (nSPS) is 21.8. The van der Waals surface area contributed by atoms with Crippen molar-refractivity contribution >= 4 is 10.0 Å². The molecule has 1 unspecified atom stereocenters. The van der Waals surface area contributed by atoms with Gasteiger partial charge in [-0.15, -0.1) is 0 Å². The molecule has 1 aliphatic carbocycles. The van der Waals surface area contributed by atoms with E-state index in [1.165, 1.54) is 24.0 Å². The van der Waals surface area contributed by atoms with Gasteiger partial charge >= 0.3 is 0 Å². The largest absolute Gasteiger partial charge is 0.298 e. The molecule has 1 aromatic carbocycles. The summed E-state index contributed by atoms with van der Waals surface area (Å²) in [7, 11) is -3.34. The highest BCUT2D eigenvalue weighted by Crippen LogP contribution is 2.26. The number of piperazine rings is 1. The van der Waals surface area contributed by atoms with E-state index in [0.717, 1.165) is 32.4 Å². The van der Waals surface area contributed by atoms with E-state index in [9.17, 15) is 8.42 Å². The molecule has 0 bridgehead atoms. The van der Waals surface area contributed by atoms with Crippen LogP contribution in [0, 0.1) is 0 Å². The molecule has 23 heavy (non-hydrogen) atoms. The minimum Gasteiger partial charge on any atom is -0.298 e. The topological polar surface area (TPSA) is 40.6 Å². The molecular formula is C18H28N2O2S. The van der Waals surface area contributed by atoms with Crippen LogP contribution < -0.4 is 0 Å². The van der Waals surface area contributed by atoms with Gasteiger partial charge in [-0.1, -0.05) is 13.0 Å². The van der Waals surface area contributed by atoms with Gasteiger partial charge in [-0.2, -0.15) is 4.31 Å². The molecule has 0 aromatic heterocycles. The third-order valence-corrected chi connectivity index (χ3v) is 7.34. The fourth-order valence-corrected chi connectivity index (χ4v) is 5.14. The molecule has 0 spiro atoms. The van der Waals surface area contributed by atoms with Gasteiger partial charge in [0, 0.05) is 32.2 Å². The summed E-state index contributed by atoms with van der Waals surface area (Å²) in [5.41, 5.74) is 2.56. The molecule has 1 heterocycles. The van der Waals surface area contributed by atoms with E-state index in [0.29, 0.717) is 24.0 Å². The van der Waals surface area contributed by atoms with Gasteiger partial charge in [0.25, 0.3) is 0 Å². The van der Waals surface area contributed by atoms with Crippen LogP contribution in [0.1, 0.15) is 44.2 Å². The highest BCUT2D eigenvalue weighted by Gasteiger charge is 2.30. The first-order valence-corrected chi connectivity index (χ1v) is 10.3. The fourth-order valence-electron chi connectivity index (χ4n) is 3.66. The van der Waals surface area contributed by atoms with Crippen LogP contribution in [0.3, 0.4) is 0 Å². The van der Waals surface area contributed by atoms with Crippen molar-refractivity contribution in [3.63, 3.8) is 0 Å². The number of fused-ring (bicyclic) bond motifs is 1. The van der Waals surface area contributed by atoms with Gasteiger partial charge in [0.05, 0.1) is 4.90 Å². The number of hydrogen-bond acceptors (Lipinski definition) is 3. The van der Waals surface area contributed by atoms with E-state index in [1.54, 1.807) is 10.4 Å². The molecule has 0 radical (unpaired) electrons. The standard InChI is InChI=1S/C18H28N2O2S/c1-3-15(2)19-10-12-20(13-11-19)23(21,22)18-9-8-16-6-4-5-7-17(16)14-18/h8-9,14-15H,3-7,10-13H2,1-2H3. The smallest absolute Gasteiger partial charge is 0.243 e. The quantitative estimate of drug-likeness (QED) is 0.849. The first kappa shape index (κ1) is 16.9. The molecule has 128 valence electrons. The zero-order valence-corrected chi connectivity index (χ0v) is 15.1. The Hall–Kier alpha value is -0.910. The lowest BCUT2D eigenvalue weighted by Crippen LogP contribution is -2.51. The van der Waals surface area contributed by atoms with Crippen LogP contribution >= 0.6 is 0 Å². The molecule has 1 aromatic rings. The Morgan fingerprint density at radius 2 is 1.70 bits per heavy atom. The Morgan fingerprint density at radius 3 is 2.35 bits per heavy atom. The van der Waals surface area contributed by atoms with Crippen molar-refractivity contribution in [2.45, 2.75) is 56.9 Å². The van der Waals surface area contributed by atoms with Gasteiger partial charge in [-0.05, 0) is 62.3 Å². The van der Waals surface area contributed by atoms with Crippen LogP contribution in [-0.2, 0) is 22.9 Å². The number of nitrogens with zero attached hydrogens (tertiary/aromatic N) is 2. The summed E-state index contributed by atoms with van der Waals surface area (Å²) in [5, 5.41) is 0. The number of benzene rings is 1. The maximum absolute atomic E-state index is 12.9. The predicted molar refractivity (Wildman–Crippen MR) is 93.2 cm³/mol. The van der Waals surface area contributed by atoms with Crippen LogP contribution in [0.15, 0.2) is 23.1 Å². The van der Waals surface area contributed by atoms with Crippen LogP contribution in [0.5, 0.6) is 0 Å². The minimum absolute atomic E-state index is 0.482. The maximum atomic E-state index is 12.9. The molecule has 1 saturated heterocycles.